The molecule has 0 spiro atoms. The van der Waals surface area contributed by atoms with Crippen LogP contribution in [-0.2, 0) is 7.05 Å². The Balaban J connectivity index is 1.33. The highest BCUT2D eigenvalue weighted by Gasteiger charge is 2.26. The lowest BCUT2D eigenvalue weighted by molar-refractivity contribution is 0.0705. The van der Waals surface area contributed by atoms with Crippen LogP contribution in [0, 0.1) is 6.92 Å². The predicted octanol–water partition coefficient (Wildman–Crippen LogP) is 3.03. The fourth-order valence-corrected chi connectivity index (χ4v) is 4.11. The number of hydrogen-bond acceptors (Lipinski definition) is 5. The van der Waals surface area contributed by atoms with Crippen molar-refractivity contribution in [3.8, 4) is 0 Å². The summed E-state index contributed by atoms with van der Waals surface area (Å²) in [7, 11) is 1.88. The number of carbonyl (C=O) groups excluding carboxylic acids is 2. The molecule has 1 saturated heterocycles. The molecule has 0 aliphatic carbocycles. The van der Waals surface area contributed by atoms with Crippen molar-refractivity contribution in [1.82, 2.24) is 30.0 Å². The van der Waals surface area contributed by atoms with E-state index in [-0.39, 0.29) is 23.8 Å². The number of likely N-dealkylation sites (tertiary alicyclic amines) is 1. The van der Waals surface area contributed by atoms with Gasteiger partial charge in [-0.2, -0.15) is 5.10 Å². The third kappa shape index (κ3) is 4.54. The third-order valence-electron chi connectivity index (χ3n) is 6.22. The van der Waals surface area contributed by atoms with E-state index in [1.165, 1.54) is 0 Å². The summed E-state index contributed by atoms with van der Waals surface area (Å²) in [6.45, 7) is 5.28. The molecule has 1 aliphatic heterocycles. The summed E-state index contributed by atoms with van der Waals surface area (Å²) in [4.78, 5) is 35.8. The van der Waals surface area contributed by atoms with Gasteiger partial charge in [-0.1, -0.05) is 6.07 Å². The standard InChI is InChI=1S/C24H28N6O2/c1-16(20-15-27-29(3)17(20)2)28-23(31)19-7-8-21(26-14-19)18-9-12-30(13-10-18)24(32)22-6-4-5-11-25-22/h4-8,11,14-16,18H,9-10,12-13H2,1-3H3,(H,28,31). The zero-order valence-corrected chi connectivity index (χ0v) is 18.7. The van der Waals surface area contributed by atoms with Gasteiger partial charge >= 0.3 is 0 Å². The zero-order chi connectivity index (χ0) is 22.7. The van der Waals surface area contributed by atoms with Crippen molar-refractivity contribution < 1.29 is 9.59 Å². The summed E-state index contributed by atoms with van der Waals surface area (Å²) in [5, 5.41) is 7.26. The molecule has 0 aromatic carbocycles. The summed E-state index contributed by atoms with van der Waals surface area (Å²) in [6.07, 6.45) is 6.74. The summed E-state index contributed by atoms with van der Waals surface area (Å²) in [5.41, 5.74) is 4.00. The van der Waals surface area contributed by atoms with Crippen LogP contribution >= 0.6 is 0 Å². The zero-order valence-electron chi connectivity index (χ0n) is 18.7. The van der Waals surface area contributed by atoms with Crippen LogP contribution in [0.25, 0.3) is 0 Å². The summed E-state index contributed by atoms with van der Waals surface area (Å²) >= 11 is 0. The normalized spacial score (nSPS) is 15.4. The number of nitrogens with one attached hydrogen (secondary N) is 1. The van der Waals surface area contributed by atoms with Crippen LogP contribution in [0.4, 0.5) is 0 Å². The molecule has 1 N–H and O–H groups in total. The van der Waals surface area contributed by atoms with Gasteiger partial charge in [-0.25, -0.2) is 0 Å². The largest absolute Gasteiger partial charge is 0.345 e. The SMILES string of the molecule is Cc1c(C(C)NC(=O)c2ccc(C3CCN(C(=O)c4ccccn4)CC3)nc2)cnn1C. The lowest BCUT2D eigenvalue weighted by Crippen LogP contribution is -2.38. The van der Waals surface area contributed by atoms with Crippen molar-refractivity contribution in [2.45, 2.75) is 38.6 Å². The van der Waals surface area contributed by atoms with Gasteiger partial charge in [-0.3, -0.25) is 24.2 Å². The van der Waals surface area contributed by atoms with E-state index in [1.807, 2.05) is 44.0 Å². The van der Waals surface area contributed by atoms with E-state index in [9.17, 15) is 9.59 Å². The Kier molecular flexibility index (Phi) is 6.30. The van der Waals surface area contributed by atoms with Gasteiger partial charge in [0.25, 0.3) is 11.8 Å². The van der Waals surface area contributed by atoms with Gasteiger partial charge < -0.3 is 10.2 Å². The molecule has 0 bridgehead atoms. The molecule has 4 rings (SSSR count). The average molecular weight is 433 g/mol. The highest BCUT2D eigenvalue weighted by molar-refractivity contribution is 5.94. The van der Waals surface area contributed by atoms with Crippen LogP contribution in [0.3, 0.4) is 0 Å². The molecule has 2 amide bonds. The number of pyridine rings is 2. The maximum Gasteiger partial charge on any atom is 0.272 e. The van der Waals surface area contributed by atoms with E-state index < -0.39 is 0 Å². The van der Waals surface area contributed by atoms with Crippen LogP contribution < -0.4 is 5.32 Å². The molecule has 32 heavy (non-hydrogen) atoms. The first-order chi connectivity index (χ1) is 15.4. The molecular weight excluding hydrogens is 404 g/mol. The number of aromatic nitrogens is 4. The average Bonchev–Trinajstić information content (AvgIpc) is 3.17. The van der Waals surface area contributed by atoms with Crippen molar-refractivity contribution in [2.75, 3.05) is 13.1 Å². The molecule has 1 unspecified atom stereocenters. The van der Waals surface area contributed by atoms with Crippen LogP contribution in [0.2, 0.25) is 0 Å². The number of piperidine rings is 1. The van der Waals surface area contributed by atoms with E-state index in [0.717, 1.165) is 29.8 Å². The molecule has 8 nitrogen and oxygen atoms in total. The van der Waals surface area contributed by atoms with E-state index >= 15 is 0 Å². The smallest absolute Gasteiger partial charge is 0.272 e. The number of nitrogens with zero attached hydrogens (tertiary/aromatic N) is 5. The monoisotopic (exact) mass is 432 g/mol. The van der Waals surface area contributed by atoms with Crippen molar-refractivity contribution in [3.05, 3.63) is 77.1 Å². The molecular formula is C24H28N6O2. The summed E-state index contributed by atoms with van der Waals surface area (Å²) in [6, 6.07) is 8.99. The van der Waals surface area contributed by atoms with Gasteiger partial charge in [0, 0.05) is 55.4 Å². The predicted molar refractivity (Wildman–Crippen MR) is 120 cm³/mol. The van der Waals surface area contributed by atoms with E-state index in [4.69, 9.17) is 0 Å². The first kappa shape index (κ1) is 21.7. The molecule has 3 aromatic heterocycles. The molecule has 0 saturated carbocycles. The van der Waals surface area contributed by atoms with Crippen LogP contribution in [-0.4, -0.2) is 49.6 Å². The second kappa shape index (κ2) is 9.30. The van der Waals surface area contributed by atoms with Gasteiger partial charge in [-0.15, -0.1) is 0 Å². The number of carbonyl (C=O) groups is 2. The van der Waals surface area contributed by atoms with Gasteiger partial charge in [0.05, 0.1) is 17.8 Å². The third-order valence-corrected chi connectivity index (χ3v) is 6.22. The Hall–Kier alpha value is -3.55. The fraction of sp³-hybridized carbons (Fsp3) is 0.375. The molecule has 3 aromatic rings. The Labute approximate surface area is 187 Å². The number of hydrogen-bond donors (Lipinski definition) is 1. The van der Waals surface area contributed by atoms with Gasteiger partial charge in [0.15, 0.2) is 0 Å². The molecule has 1 aliphatic rings. The number of aryl methyl sites for hydroxylation is 1. The Morgan fingerprint density at radius 2 is 1.88 bits per heavy atom. The van der Waals surface area contributed by atoms with Crippen molar-refractivity contribution in [2.24, 2.45) is 7.05 Å². The lowest BCUT2D eigenvalue weighted by Gasteiger charge is -2.31. The van der Waals surface area contributed by atoms with Crippen molar-refractivity contribution in [1.29, 1.82) is 0 Å². The molecule has 166 valence electrons. The summed E-state index contributed by atoms with van der Waals surface area (Å²) in [5.74, 6) is 0.0921. The minimum atomic E-state index is -0.157. The molecule has 0 radical (unpaired) electrons. The first-order valence-corrected chi connectivity index (χ1v) is 10.9. The minimum absolute atomic E-state index is 0.0259. The van der Waals surface area contributed by atoms with E-state index in [1.54, 1.807) is 35.4 Å². The van der Waals surface area contributed by atoms with Crippen molar-refractivity contribution >= 4 is 11.8 Å². The Morgan fingerprint density at radius 1 is 1.09 bits per heavy atom. The molecule has 1 fully saturated rings. The molecule has 8 heteroatoms. The van der Waals surface area contributed by atoms with Crippen molar-refractivity contribution in [3.63, 3.8) is 0 Å². The maximum atomic E-state index is 12.7. The second-order valence-corrected chi connectivity index (χ2v) is 8.26. The lowest BCUT2D eigenvalue weighted by atomic mass is 9.92. The number of amides is 2. The van der Waals surface area contributed by atoms with Crippen LogP contribution in [0.15, 0.2) is 48.9 Å². The fourth-order valence-electron chi connectivity index (χ4n) is 4.11. The van der Waals surface area contributed by atoms with Gasteiger partial charge in [-0.05, 0) is 51.0 Å². The Morgan fingerprint density at radius 3 is 2.47 bits per heavy atom. The quantitative estimate of drug-likeness (QED) is 0.669. The maximum absolute atomic E-state index is 12.7. The first-order valence-electron chi connectivity index (χ1n) is 10.9. The van der Waals surface area contributed by atoms with Gasteiger partial charge in [0.1, 0.15) is 5.69 Å². The van der Waals surface area contributed by atoms with E-state index in [0.29, 0.717) is 24.3 Å². The number of rotatable bonds is 5. The summed E-state index contributed by atoms with van der Waals surface area (Å²) < 4.78 is 1.80. The second-order valence-electron chi connectivity index (χ2n) is 8.26. The van der Waals surface area contributed by atoms with Crippen LogP contribution in [0.1, 0.15) is 69.5 Å². The highest BCUT2D eigenvalue weighted by Crippen LogP contribution is 2.27. The van der Waals surface area contributed by atoms with Gasteiger partial charge in [0.2, 0.25) is 0 Å². The highest BCUT2D eigenvalue weighted by atomic mass is 16.2. The Bertz CT molecular complexity index is 1090. The topological polar surface area (TPSA) is 93.0 Å². The van der Waals surface area contributed by atoms with E-state index in [2.05, 4.69) is 20.4 Å². The molecule has 1 atom stereocenters. The minimum Gasteiger partial charge on any atom is -0.345 e. The molecule has 4 heterocycles. The van der Waals surface area contributed by atoms with Crippen LogP contribution in [0.5, 0.6) is 0 Å².